The lowest BCUT2D eigenvalue weighted by Crippen LogP contribution is -2.23. The zero-order chi connectivity index (χ0) is 14.4. The maximum atomic E-state index is 11.9. The molecule has 0 aliphatic carbocycles. The van der Waals surface area contributed by atoms with Gasteiger partial charge in [-0.3, -0.25) is 0 Å². The van der Waals surface area contributed by atoms with E-state index in [0.29, 0.717) is 29.5 Å². The summed E-state index contributed by atoms with van der Waals surface area (Å²) in [4.78, 5) is 11.9. The number of benzene rings is 1. The first-order chi connectivity index (χ1) is 9.72. The number of hydrogen-bond donors (Lipinski definition) is 2. The van der Waals surface area contributed by atoms with E-state index in [9.17, 15) is 4.79 Å². The number of rotatable bonds is 5. The number of esters is 1. The van der Waals surface area contributed by atoms with Crippen LogP contribution in [0.15, 0.2) is 18.2 Å². The SMILES string of the molecule is CCOC(=O)c1cccc(N)c1NCC1CCOCC1. The van der Waals surface area contributed by atoms with Crippen LogP contribution < -0.4 is 11.1 Å². The van der Waals surface area contributed by atoms with Crippen molar-refractivity contribution in [3.8, 4) is 0 Å². The number of para-hydroxylation sites is 1. The van der Waals surface area contributed by atoms with Crippen LogP contribution in [-0.4, -0.2) is 32.3 Å². The normalized spacial score (nSPS) is 15.8. The van der Waals surface area contributed by atoms with E-state index in [1.165, 1.54) is 0 Å². The average Bonchev–Trinajstić information content (AvgIpc) is 2.47. The Balaban J connectivity index is 2.06. The first kappa shape index (κ1) is 14.7. The van der Waals surface area contributed by atoms with Gasteiger partial charge in [-0.25, -0.2) is 4.79 Å². The van der Waals surface area contributed by atoms with Crippen LogP contribution in [0.1, 0.15) is 30.1 Å². The zero-order valence-corrected chi connectivity index (χ0v) is 11.9. The van der Waals surface area contributed by atoms with E-state index in [4.69, 9.17) is 15.2 Å². The third-order valence-corrected chi connectivity index (χ3v) is 3.50. The van der Waals surface area contributed by atoms with Crippen molar-refractivity contribution in [2.24, 2.45) is 5.92 Å². The van der Waals surface area contributed by atoms with Crippen LogP contribution in [0.2, 0.25) is 0 Å². The summed E-state index contributed by atoms with van der Waals surface area (Å²) in [6, 6.07) is 5.29. The molecule has 1 heterocycles. The highest BCUT2D eigenvalue weighted by Gasteiger charge is 2.17. The minimum absolute atomic E-state index is 0.339. The fraction of sp³-hybridized carbons (Fsp3) is 0.533. The number of nitrogens with two attached hydrogens (primary N) is 1. The topological polar surface area (TPSA) is 73.6 Å². The summed E-state index contributed by atoms with van der Waals surface area (Å²) in [7, 11) is 0. The van der Waals surface area contributed by atoms with Crippen LogP contribution in [0.4, 0.5) is 11.4 Å². The molecule has 0 amide bonds. The van der Waals surface area contributed by atoms with Crippen molar-refractivity contribution in [3.05, 3.63) is 23.8 Å². The monoisotopic (exact) mass is 278 g/mol. The predicted molar refractivity (Wildman–Crippen MR) is 78.8 cm³/mol. The highest BCUT2D eigenvalue weighted by Crippen LogP contribution is 2.25. The van der Waals surface area contributed by atoms with Crippen LogP contribution in [-0.2, 0) is 9.47 Å². The van der Waals surface area contributed by atoms with Gasteiger partial charge in [0, 0.05) is 19.8 Å². The van der Waals surface area contributed by atoms with Gasteiger partial charge >= 0.3 is 5.97 Å². The van der Waals surface area contributed by atoms with Gasteiger partial charge in [-0.1, -0.05) is 6.07 Å². The standard InChI is InChI=1S/C15H22N2O3/c1-2-20-15(18)12-4-3-5-13(16)14(12)17-10-11-6-8-19-9-7-11/h3-5,11,17H,2,6-10,16H2,1H3. The molecule has 1 aromatic carbocycles. The molecule has 2 rings (SSSR count). The molecule has 20 heavy (non-hydrogen) atoms. The fourth-order valence-corrected chi connectivity index (χ4v) is 2.34. The summed E-state index contributed by atoms with van der Waals surface area (Å²) in [5.41, 5.74) is 7.73. The van der Waals surface area contributed by atoms with Crippen molar-refractivity contribution < 1.29 is 14.3 Å². The minimum atomic E-state index is -0.339. The molecule has 0 radical (unpaired) electrons. The van der Waals surface area contributed by atoms with Gasteiger partial charge in [0.05, 0.1) is 23.5 Å². The Labute approximate surface area is 119 Å². The molecular weight excluding hydrogens is 256 g/mol. The number of hydrogen-bond acceptors (Lipinski definition) is 5. The summed E-state index contributed by atoms with van der Waals surface area (Å²) < 4.78 is 10.4. The number of carbonyl (C=O) groups excluding carboxylic acids is 1. The lowest BCUT2D eigenvalue weighted by atomic mass is 10.00. The third kappa shape index (κ3) is 3.63. The highest BCUT2D eigenvalue weighted by atomic mass is 16.5. The van der Waals surface area contributed by atoms with E-state index < -0.39 is 0 Å². The average molecular weight is 278 g/mol. The zero-order valence-electron chi connectivity index (χ0n) is 11.9. The Morgan fingerprint density at radius 2 is 2.20 bits per heavy atom. The quantitative estimate of drug-likeness (QED) is 0.638. The van der Waals surface area contributed by atoms with E-state index in [1.54, 1.807) is 25.1 Å². The summed E-state index contributed by atoms with van der Waals surface area (Å²) in [6.07, 6.45) is 2.07. The third-order valence-electron chi connectivity index (χ3n) is 3.50. The lowest BCUT2D eigenvalue weighted by molar-refractivity contribution is 0.0527. The molecule has 0 saturated carbocycles. The first-order valence-corrected chi connectivity index (χ1v) is 7.09. The van der Waals surface area contributed by atoms with Gasteiger partial charge in [0.1, 0.15) is 0 Å². The predicted octanol–water partition coefficient (Wildman–Crippen LogP) is 2.28. The number of nitrogen functional groups attached to an aromatic ring is 1. The molecule has 1 aliphatic heterocycles. The van der Waals surface area contributed by atoms with E-state index in [1.807, 2.05) is 0 Å². The number of anilines is 2. The van der Waals surface area contributed by atoms with Crippen molar-refractivity contribution >= 4 is 17.3 Å². The Bertz CT molecular complexity index is 456. The maximum Gasteiger partial charge on any atom is 0.340 e. The highest BCUT2D eigenvalue weighted by molar-refractivity contribution is 5.98. The maximum absolute atomic E-state index is 11.9. The molecule has 1 aliphatic rings. The van der Waals surface area contributed by atoms with E-state index in [2.05, 4.69) is 5.32 Å². The second-order valence-corrected chi connectivity index (χ2v) is 4.93. The smallest absolute Gasteiger partial charge is 0.340 e. The van der Waals surface area contributed by atoms with E-state index in [-0.39, 0.29) is 5.97 Å². The van der Waals surface area contributed by atoms with Gasteiger partial charge in [-0.2, -0.15) is 0 Å². The molecule has 0 unspecified atom stereocenters. The number of carbonyl (C=O) groups is 1. The minimum Gasteiger partial charge on any atom is -0.462 e. The molecule has 0 aromatic heterocycles. The molecule has 1 aromatic rings. The Morgan fingerprint density at radius 1 is 1.45 bits per heavy atom. The van der Waals surface area contributed by atoms with Crippen molar-refractivity contribution in [2.45, 2.75) is 19.8 Å². The Hall–Kier alpha value is -1.75. The van der Waals surface area contributed by atoms with Crippen molar-refractivity contribution in [1.29, 1.82) is 0 Å². The molecule has 3 N–H and O–H groups in total. The van der Waals surface area contributed by atoms with Crippen molar-refractivity contribution in [3.63, 3.8) is 0 Å². The number of nitrogens with one attached hydrogen (secondary N) is 1. The second-order valence-electron chi connectivity index (χ2n) is 4.93. The van der Waals surface area contributed by atoms with Gasteiger partial charge in [0.25, 0.3) is 0 Å². The van der Waals surface area contributed by atoms with Crippen LogP contribution >= 0.6 is 0 Å². The summed E-state index contributed by atoms with van der Waals surface area (Å²) >= 11 is 0. The van der Waals surface area contributed by atoms with E-state index in [0.717, 1.165) is 32.6 Å². The molecule has 1 saturated heterocycles. The Morgan fingerprint density at radius 3 is 2.90 bits per heavy atom. The van der Waals surface area contributed by atoms with Gasteiger partial charge in [0.15, 0.2) is 0 Å². The largest absolute Gasteiger partial charge is 0.462 e. The molecule has 110 valence electrons. The van der Waals surface area contributed by atoms with Gasteiger partial charge in [0.2, 0.25) is 0 Å². The lowest BCUT2D eigenvalue weighted by Gasteiger charge is -2.23. The molecular formula is C15H22N2O3. The molecule has 0 bridgehead atoms. The van der Waals surface area contributed by atoms with Crippen LogP contribution in [0.3, 0.4) is 0 Å². The van der Waals surface area contributed by atoms with Gasteiger partial charge in [-0.05, 0) is 37.8 Å². The second kappa shape index (κ2) is 7.14. The first-order valence-electron chi connectivity index (χ1n) is 7.09. The fourth-order valence-electron chi connectivity index (χ4n) is 2.34. The molecule has 0 spiro atoms. The van der Waals surface area contributed by atoms with Crippen LogP contribution in [0.5, 0.6) is 0 Å². The molecule has 0 atom stereocenters. The van der Waals surface area contributed by atoms with E-state index >= 15 is 0 Å². The van der Waals surface area contributed by atoms with Crippen molar-refractivity contribution in [1.82, 2.24) is 0 Å². The molecule has 5 heteroatoms. The van der Waals surface area contributed by atoms with Crippen molar-refractivity contribution in [2.75, 3.05) is 37.4 Å². The summed E-state index contributed by atoms with van der Waals surface area (Å²) in [5.74, 6) is 0.215. The van der Waals surface area contributed by atoms with Gasteiger partial charge < -0.3 is 20.5 Å². The summed E-state index contributed by atoms with van der Waals surface area (Å²) in [6.45, 7) is 4.55. The molecule has 1 fully saturated rings. The van der Waals surface area contributed by atoms with Crippen LogP contribution in [0, 0.1) is 5.92 Å². The Kier molecular flexibility index (Phi) is 5.24. The van der Waals surface area contributed by atoms with Gasteiger partial charge in [-0.15, -0.1) is 0 Å². The van der Waals surface area contributed by atoms with Crippen LogP contribution in [0.25, 0.3) is 0 Å². The summed E-state index contributed by atoms with van der Waals surface area (Å²) in [5, 5.41) is 3.31. The molecule has 5 nitrogen and oxygen atoms in total. The number of ether oxygens (including phenoxy) is 2.